The zero-order valence-corrected chi connectivity index (χ0v) is 13.9. The van der Waals surface area contributed by atoms with Crippen molar-refractivity contribution in [1.82, 2.24) is 9.97 Å². The SMILES string of the molecule is COc1ccc(-c2nc(/C=C/C(=O)Nc3nccs3)cs2)cc1. The Labute approximate surface area is 141 Å². The van der Waals surface area contributed by atoms with E-state index in [4.69, 9.17) is 4.74 Å². The van der Waals surface area contributed by atoms with Gasteiger partial charge in [0, 0.05) is 28.6 Å². The van der Waals surface area contributed by atoms with Crippen molar-refractivity contribution in [3.8, 4) is 16.3 Å². The standard InChI is InChI=1S/C16H13N3O2S2/c1-21-13-5-2-11(3-6-13)15-18-12(10-23-15)4-7-14(20)19-16-17-8-9-22-16/h2-10H,1H3,(H,17,19,20)/b7-4+. The Kier molecular flexibility index (Phi) is 4.80. The largest absolute Gasteiger partial charge is 0.497 e. The number of carbonyl (C=O) groups excluding carboxylic acids is 1. The third-order valence-corrected chi connectivity index (χ3v) is 4.52. The second-order valence-electron chi connectivity index (χ2n) is 4.47. The summed E-state index contributed by atoms with van der Waals surface area (Å²) >= 11 is 2.90. The number of thiazole rings is 2. The van der Waals surface area contributed by atoms with E-state index in [1.54, 1.807) is 24.8 Å². The molecule has 0 aliphatic carbocycles. The molecule has 3 aromatic rings. The number of amides is 1. The summed E-state index contributed by atoms with van der Waals surface area (Å²) in [6.45, 7) is 0. The van der Waals surface area contributed by atoms with Crippen LogP contribution >= 0.6 is 22.7 Å². The first-order valence-corrected chi connectivity index (χ1v) is 8.49. The number of nitrogens with one attached hydrogen (secondary N) is 1. The Morgan fingerprint density at radius 3 is 2.78 bits per heavy atom. The molecule has 5 nitrogen and oxygen atoms in total. The van der Waals surface area contributed by atoms with Gasteiger partial charge in [0.15, 0.2) is 5.13 Å². The molecule has 116 valence electrons. The fourth-order valence-electron chi connectivity index (χ4n) is 1.82. The van der Waals surface area contributed by atoms with Crippen molar-refractivity contribution in [3.05, 3.63) is 53.0 Å². The van der Waals surface area contributed by atoms with Gasteiger partial charge in [-0.1, -0.05) is 0 Å². The summed E-state index contributed by atoms with van der Waals surface area (Å²) in [5.41, 5.74) is 1.76. The van der Waals surface area contributed by atoms with Crippen LogP contribution < -0.4 is 10.1 Å². The van der Waals surface area contributed by atoms with E-state index in [1.165, 1.54) is 28.7 Å². The van der Waals surface area contributed by atoms with Crippen LogP contribution in [-0.2, 0) is 4.79 Å². The molecule has 0 saturated heterocycles. The van der Waals surface area contributed by atoms with Gasteiger partial charge >= 0.3 is 0 Å². The first-order chi connectivity index (χ1) is 11.2. The summed E-state index contributed by atoms with van der Waals surface area (Å²) in [7, 11) is 1.64. The summed E-state index contributed by atoms with van der Waals surface area (Å²) in [5, 5.41) is 7.88. The number of aromatic nitrogens is 2. The van der Waals surface area contributed by atoms with E-state index in [9.17, 15) is 4.79 Å². The highest BCUT2D eigenvalue weighted by molar-refractivity contribution is 7.13. The van der Waals surface area contributed by atoms with Gasteiger partial charge in [-0.15, -0.1) is 22.7 Å². The van der Waals surface area contributed by atoms with Crippen LogP contribution in [0.5, 0.6) is 5.75 Å². The number of rotatable bonds is 5. The average Bonchev–Trinajstić information content (AvgIpc) is 3.25. The number of hydrogen-bond acceptors (Lipinski definition) is 6. The minimum absolute atomic E-state index is 0.223. The van der Waals surface area contributed by atoms with E-state index >= 15 is 0 Å². The molecule has 2 heterocycles. The Hall–Kier alpha value is -2.51. The molecular formula is C16H13N3O2S2. The lowest BCUT2D eigenvalue weighted by atomic mass is 10.2. The van der Waals surface area contributed by atoms with Crippen molar-refractivity contribution >= 4 is 39.8 Å². The fraction of sp³-hybridized carbons (Fsp3) is 0.0625. The first-order valence-electron chi connectivity index (χ1n) is 6.73. The van der Waals surface area contributed by atoms with Crippen LogP contribution in [0.4, 0.5) is 5.13 Å². The highest BCUT2D eigenvalue weighted by Crippen LogP contribution is 2.26. The fourth-order valence-corrected chi connectivity index (χ4v) is 3.15. The molecule has 0 spiro atoms. The molecule has 0 aliphatic heterocycles. The van der Waals surface area contributed by atoms with Crippen LogP contribution in [-0.4, -0.2) is 23.0 Å². The number of methoxy groups -OCH3 is 1. The molecule has 7 heteroatoms. The van der Waals surface area contributed by atoms with Gasteiger partial charge in [-0.2, -0.15) is 0 Å². The van der Waals surface area contributed by atoms with Gasteiger partial charge in [-0.25, -0.2) is 9.97 Å². The zero-order chi connectivity index (χ0) is 16.1. The lowest BCUT2D eigenvalue weighted by molar-refractivity contribution is -0.111. The number of ether oxygens (including phenoxy) is 1. The maximum absolute atomic E-state index is 11.8. The summed E-state index contributed by atoms with van der Waals surface area (Å²) in [4.78, 5) is 20.3. The third kappa shape index (κ3) is 4.02. The molecule has 1 N–H and O–H groups in total. The molecule has 0 fully saturated rings. The highest BCUT2D eigenvalue weighted by atomic mass is 32.1. The van der Waals surface area contributed by atoms with Crippen molar-refractivity contribution in [2.45, 2.75) is 0 Å². The van der Waals surface area contributed by atoms with E-state index in [2.05, 4.69) is 15.3 Å². The number of carbonyl (C=O) groups is 1. The van der Waals surface area contributed by atoms with Crippen LogP contribution in [0, 0.1) is 0 Å². The molecule has 2 aromatic heterocycles. The minimum atomic E-state index is -0.223. The average molecular weight is 343 g/mol. The molecule has 0 bridgehead atoms. The Balaban J connectivity index is 1.66. The molecular weight excluding hydrogens is 330 g/mol. The van der Waals surface area contributed by atoms with Crippen LogP contribution in [0.1, 0.15) is 5.69 Å². The summed E-state index contributed by atoms with van der Waals surface area (Å²) in [5.74, 6) is 0.586. The summed E-state index contributed by atoms with van der Waals surface area (Å²) in [6, 6.07) is 7.71. The van der Waals surface area contributed by atoms with Crippen molar-refractivity contribution < 1.29 is 9.53 Å². The van der Waals surface area contributed by atoms with E-state index in [0.29, 0.717) is 5.13 Å². The van der Waals surface area contributed by atoms with Crippen LogP contribution in [0.25, 0.3) is 16.6 Å². The summed E-state index contributed by atoms with van der Waals surface area (Å²) in [6.07, 6.45) is 4.78. The van der Waals surface area contributed by atoms with Gasteiger partial charge in [0.05, 0.1) is 12.8 Å². The van der Waals surface area contributed by atoms with Crippen LogP contribution in [0.2, 0.25) is 0 Å². The number of benzene rings is 1. The van der Waals surface area contributed by atoms with Gasteiger partial charge < -0.3 is 4.74 Å². The predicted molar refractivity (Wildman–Crippen MR) is 93.9 cm³/mol. The van der Waals surface area contributed by atoms with Gasteiger partial charge in [0.1, 0.15) is 10.8 Å². The number of nitrogens with zero attached hydrogens (tertiary/aromatic N) is 2. The van der Waals surface area contributed by atoms with E-state index in [0.717, 1.165) is 22.0 Å². The van der Waals surface area contributed by atoms with Gasteiger partial charge in [-0.05, 0) is 30.3 Å². The number of anilines is 1. The molecule has 0 unspecified atom stereocenters. The van der Waals surface area contributed by atoms with Gasteiger partial charge in [0.25, 0.3) is 0 Å². The molecule has 0 aliphatic rings. The van der Waals surface area contributed by atoms with Crippen molar-refractivity contribution in [3.63, 3.8) is 0 Å². The van der Waals surface area contributed by atoms with Crippen molar-refractivity contribution in [2.24, 2.45) is 0 Å². The molecule has 1 amide bonds. The first kappa shape index (κ1) is 15.4. The van der Waals surface area contributed by atoms with E-state index < -0.39 is 0 Å². The lowest BCUT2D eigenvalue weighted by Gasteiger charge is -1.99. The van der Waals surface area contributed by atoms with Crippen LogP contribution in [0.15, 0.2) is 47.3 Å². The second kappa shape index (κ2) is 7.17. The monoisotopic (exact) mass is 343 g/mol. The molecule has 0 radical (unpaired) electrons. The quantitative estimate of drug-likeness (QED) is 0.713. The molecule has 0 saturated carbocycles. The van der Waals surface area contributed by atoms with Gasteiger partial charge in [0.2, 0.25) is 5.91 Å². The molecule has 3 rings (SSSR count). The smallest absolute Gasteiger partial charge is 0.250 e. The van der Waals surface area contributed by atoms with Crippen molar-refractivity contribution in [1.29, 1.82) is 0 Å². The van der Waals surface area contributed by atoms with Crippen LogP contribution in [0.3, 0.4) is 0 Å². The maximum Gasteiger partial charge on any atom is 0.250 e. The lowest BCUT2D eigenvalue weighted by Crippen LogP contribution is -2.07. The Bertz CT molecular complexity index is 808. The molecule has 23 heavy (non-hydrogen) atoms. The zero-order valence-electron chi connectivity index (χ0n) is 12.2. The molecule has 1 aromatic carbocycles. The van der Waals surface area contributed by atoms with Gasteiger partial charge in [-0.3, -0.25) is 10.1 Å². The summed E-state index contributed by atoms with van der Waals surface area (Å²) < 4.78 is 5.14. The minimum Gasteiger partial charge on any atom is -0.497 e. The van der Waals surface area contributed by atoms with E-state index in [-0.39, 0.29) is 5.91 Å². The molecule has 0 atom stereocenters. The van der Waals surface area contributed by atoms with E-state index in [1.807, 2.05) is 29.6 Å². The van der Waals surface area contributed by atoms with Crippen molar-refractivity contribution in [2.75, 3.05) is 12.4 Å². The normalized spacial score (nSPS) is 10.8. The number of hydrogen-bond donors (Lipinski definition) is 1. The topological polar surface area (TPSA) is 64.1 Å². The predicted octanol–water partition coefficient (Wildman–Crippen LogP) is 3.93. The highest BCUT2D eigenvalue weighted by Gasteiger charge is 2.04. The Morgan fingerprint density at radius 1 is 1.26 bits per heavy atom. The maximum atomic E-state index is 11.8. The third-order valence-electron chi connectivity index (χ3n) is 2.93. The Morgan fingerprint density at radius 2 is 2.09 bits per heavy atom. The second-order valence-corrected chi connectivity index (χ2v) is 6.22.